The van der Waals surface area contributed by atoms with E-state index in [9.17, 15) is 0 Å². The van der Waals surface area contributed by atoms with Crippen molar-refractivity contribution in [2.24, 2.45) is 0 Å². The average Bonchev–Trinajstić information content (AvgIpc) is 2.41. The minimum Gasteiger partial charge on any atom is -0.489 e. The summed E-state index contributed by atoms with van der Waals surface area (Å²) in [5, 5.41) is 0. The lowest BCUT2D eigenvalue weighted by Crippen LogP contribution is -2.31. The van der Waals surface area contributed by atoms with E-state index in [4.69, 9.17) is 10.5 Å². The van der Waals surface area contributed by atoms with E-state index in [2.05, 4.69) is 38.1 Å². The van der Waals surface area contributed by atoms with Gasteiger partial charge in [0.25, 0.3) is 0 Å². The molecule has 0 amide bonds. The number of nitrogens with two attached hydrogens (primary N) is 1. The number of nitrogen functional groups attached to an aromatic ring is 1. The molecule has 3 heteroatoms. The smallest absolute Gasteiger partial charge is 0.142 e. The van der Waals surface area contributed by atoms with E-state index in [-0.39, 0.29) is 6.10 Å². The first-order valence-corrected chi connectivity index (χ1v) is 8.11. The molecule has 1 aliphatic rings. The van der Waals surface area contributed by atoms with Crippen LogP contribution in [0.5, 0.6) is 5.75 Å². The van der Waals surface area contributed by atoms with Crippen molar-refractivity contribution in [3.63, 3.8) is 0 Å². The first kappa shape index (κ1) is 16.2. The predicted octanol–water partition coefficient (Wildman–Crippen LogP) is 3.95. The van der Waals surface area contributed by atoms with Crippen molar-refractivity contribution in [2.45, 2.75) is 64.5 Å². The van der Waals surface area contributed by atoms with Gasteiger partial charge in [0.05, 0.1) is 11.8 Å². The first-order chi connectivity index (χ1) is 9.88. The SMILES string of the molecule is Cc1cc(N)c(OC(C)C)cc1C1CCC(N(C)C)CC1. The molecule has 1 aromatic rings. The molecule has 1 saturated carbocycles. The van der Waals surface area contributed by atoms with Gasteiger partial charge in [-0.2, -0.15) is 0 Å². The third-order valence-electron chi connectivity index (χ3n) is 4.63. The molecule has 1 aromatic carbocycles. The summed E-state index contributed by atoms with van der Waals surface area (Å²) in [6.45, 7) is 6.26. The average molecular weight is 290 g/mol. The Labute approximate surface area is 129 Å². The molecule has 0 bridgehead atoms. The van der Waals surface area contributed by atoms with Gasteiger partial charge in [-0.1, -0.05) is 0 Å². The van der Waals surface area contributed by atoms with Crippen LogP contribution in [0.4, 0.5) is 5.69 Å². The molecular formula is C18H30N2O. The molecule has 2 rings (SSSR count). The predicted molar refractivity (Wildman–Crippen MR) is 90.0 cm³/mol. The Morgan fingerprint density at radius 2 is 1.76 bits per heavy atom. The molecule has 21 heavy (non-hydrogen) atoms. The summed E-state index contributed by atoms with van der Waals surface area (Å²) >= 11 is 0. The second-order valence-corrected chi connectivity index (χ2v) is 6.88. The standard InChI is InChI=1S/C18H30N2O/c1-12(2)21-18-11-16(13(3)10-17(18)19)14-6-8-15(9-7-14)20(4)5/h10-12,14-15H,6-9,19H2,1-5H3. The van der Waals surface area contributed by atoms with E-state index in [0.29, 0.717) is 5.92 Å². The summed E-state index contributed by atoms with van der Waals surface area (Å²) in [5.74, 6) is 1.50. The van der Waals surface area contributed by atoms with Crippen molar-refractivity contribution in [3.8, 4) is 5.75 Å². The Hall–Kier alpha value is -1.22. The minimum absolute atomic E-state index is 0.160. The fraction of sp³-hybridized carbons (Fsp3) is 0.667. The molecule has 2 N–H and O–H groups in total. The van der Waals surface area contributed by atoms with Crippen LogP contribution < -0.4 is 10.5 Å². The van der Waals surface area contributed by atoms with E-state index in [0.717, 1.165) is 17.5 Å². The number of rotatable bonds is 4. The molecule has 3 nitrogen and oxygen atoms in total. The molecule has 0 heterocycles. The first-order valence-electron chi connectivity index (χ1n) is 8.11. The van der Waals surface area contributed by atoms with Gasteiger partial charge in [-0.3, -0.25) is 0 Å². The summed E-state index contributed by atoms with van der Waals surface area (Å²) in [6.07, 6.45) is 5.24. The topological polar surface area (TPSA) is 38.5 Å². The fourth-order valence-corrected chi connectivity index (χ4v) is 3.43. The molecule has 0 spiro atoms. The Morgan fingerprint density at radius 3 is 2.29 bits per heavy atom. The lowest BCUT2D eigenvalue weighted by atomic mass is 9.80. The third kappa shape index (κ3) is 3.91. The maximum Gasteiger partial charge on any atom is 0.142 e. The molecular weight excluding hydrogens is 260 g/mol. The molecule has 1 aliphatic carbocycles. The molecule has 0 atom stereocenters. The summed E-state index contributed by atoms with van der Waals surface area (Å²) in [5.41, 5.74) is 9.59. The van der Waals surface area contributed by atoms with E-state index in [1.165, 1.54) is 36.8 Å². The van der Waals surface area contributed by atoms with Crippen LogP contribution in [0.1, 0.15) is 56.6 Å². The number of aryl methyl sites for hydroxylation is 1. The molecule has 118 valence electrons. The van der Waals surface area contributed by atoms with Crippen LogP contribution in [0.25, 0.3) is 0 Å². The summed E-state index contributed by atoms with van der Waals surface area (Å²) in [6, 6.07) is 5.00. The lowest BCUT2D eigenvalue weighted by Gasteiger charge is -2.33. The van der Waals surface area contributed by atoms with Gasteiger partial charge in [-0.15, -0.1) is 0 Å². The normalized spacial score (nSPS) is 22.8. The molecule has 0 aliphatic heterocycles. The maximum atomic E-state index is 6.10. The number of ether oxygens (including phenoxy) is 1. The molecule has 0 saturated heterocycles. The zero-order chi connectivity index (χ0) is 15.6. The van der Waals surface area contributed by atoms with Crippen molar-refractivity contribution in [2.75, 3.05) is 19.8 Å². The quantitative estimate of drug-likeness (QED) is 0.853. The Kier molecular flexibility index (Phi) is 5.15. The van der Waals surface area contributed by atoms with Crippen LogP contribution in [0.15, 0.2) is 12.1 Å². The van der Waals surface area contributed by atoms with Crippen LogP contribution in [0.2, 0.25) is 0 Å². The van der Waals surface area contributed by atoms with Crippen molar-refractivity contribution in [1.29, 1.82) is 0 Å². The lowest BCUT2D eigenvalue weighted by molar-refractivity contribution is 0.215. The molecule has 0 radical (unpaired) electrons. The second-order valence-electron chi connectivity index (χ2n) is 6.88. The summed E-state index contributed by atoms with van der Waals surface area (Å²) in [4.78, 5) is 2.36. The van der Waals surface area contributed by atoms with Gasteiger partial charge in [-0.05, 0) is 89.7 Å². The summed E-state index contributed by atoms with van der Waals surface area (Å²) in [7, 11) is 4.38. The molecule has 1 fully saturated rings. The van der Waals surface area contributed by atoms with Gasteiger partial charge >= 0.3 is 0 Å². The van der Waals surface area contributed by atoms with Crippen LogP contribution in [-0.2, 0) is 0 Å². The summed E-state index contributed by atoms with van der Waals surface area (Å²) < 4.78 is 5.86. The molecule has 0 unspecified atom stereocenters. The highest BCUT2D eigenvalue weighted by molar-refractivity contribution is 5.57. The monoisotopic (exact) mass is 290 g/mol. The van der Waals surface area contributed by atoms with Crippen LogP contribution in [0, 0.1) is 6.92 Å². The van der Waals surface area contributed by atoms with Crippen molar-refractivity contribution in [1.82, 2.24) is 4.90 Å². The zero-order valence-corrected chi connectivity index (χ0v) is 14.1. The maximum absolute atomic E-state index is 6.10. The number of nitrogens with zero attached hydrogens (tertiary/aromatic N) is 1. The number of hydrogen-bond acceptors (Lipinski definition) is 3. The number of benzene rings is 1. The van der Waals surface area contributed by atoms with Gasteiger partial charge in [0.2, 0.25) is 0 Å². The third-order valence-corrected chi connectivity index (χ3v) is 4.63. The second kappa shape index (κ2) is 6.69. The van der Waals surface area contributed by atoms with Crippen molar-refractivity contribution >= 4 is 5.69 Å². The van der Waals surface area contributed by atoms with E-state index in [1.807, 2.05) is 13.8 Å². The Bertz CT molecular complexity index is 474. The van der Waals surface area contributed by atoms with Crippen LogP contribution >= 0.6 is 0 Å². The fourth-order valence-electron chi connectivity index (χ4n) is 3.43. The van der Waals surface area contributed by atoms with Crippen LogP contribution in [-0.4, -0.2) is 31.1 Å². The van der Waals surface area contributed by atoms with Crippen molar-refractivity contribution < 1.29 is 4.74 Å². The van der Waals surface area contributed by atoms with Gasteiger partial charge in [-0.25, -0.2) is 0 Å². The van der Waals surface area contributed by atoms with Gasteiger partial charge in [0.1, 0.15) is 5.75 Å². The van der Waals surface area contributed by atoms with Gasteiger partial charge < -0.3 is 15.4 Å². The van der Waals surface area contributed by atoms with E-state index >= 15 is 0 Å². The number of hydrogen-bond donors (Lipinski definition) is 1. The highest BCUT2D eigenvalue weighted by atomic mass is 16.5. The van der Waals surface area contributed by atoms with Gasteiger partial charge in [0, 0.05) is 6.04 Å². The van der Waals surface area contributed by atoms with E-state index < -0.39 is 0 Å². The van der Waals surface area contributed by atoms with Crippen LogP contribution in [0.3, 0.4) is 0 Å². The van der Waals surface area contributed by atoms with Crippen molar-refractivity contribution in [3.05, 3.63) is 23.3 Å². The van der Waals surface area contributed by atoms with Gasteiger partial charge in [0.15, 0.2) is 0 Å². The van der Waals surface area contributed by atoms with E-state index in [1.54, 1.807) is 0 Å². The number of anilines is 1. The highest BCUT2D eigenvalue weighted by Gasteiger charge is 2.25. The molecule has 0 aromatic heterocycles. The zero-order valence-electron chi connectivity index (χ0n) is 14.1. The largest absolute Gasteiger partial charge is 0.489 e. The highest BCUT2D eigenvalue weighted by Crippen LogP contribution is 2.39. The minimum atomic E-state index is 0.160. The Balaban J connectivity index is 2.16. The Morgan fingerprint density at radius 1 is 1.14 bits per heavy atom.